The van der Waals surface area contributed by atoms with Crippen LogP contribution in [0.2, 0.25) is 0 Å². The maximum Gasteiger partial charge on any atom is 0.435 e. The molecule has 16 heteroatoms. The van der Waals surface area contributed by atoms with Gasteiger partial charge in [-0.2, -0.15) is 32.1 Å². The summed E-state index contributed by atoms with van der Waals surface area (Å²) in [7, 11) is 1.66. The Balaban J connectivity index is 1.36. The van der Waals surface area contributed by atoms with Crippen molar-refractivity contribution in [1.29, 1.82) is 0 Å². The summed E-state index contributed by atoms with van der Waals surface area (Å²) in [6.45, 7) is 2.50. The number of nitrogens with two attached hydrogens (primary N) is 1. The molecule has 1 amide bonds. The highest BCUT2D eigenvalue weighted by molar-refractivity contribution is 6.00. The lowest BCUT2D eigenvalue weighted by Crippen LogP contribution is -2.35. The highest BCUT2D eigenvalue weighted by Crippen LogP contribution is 2.68. The van der Waals surface area contributed by atoms with Crippen molar-refractivity contribution in [3.8, 4) is 23.0 Å². The number of aliphatic hydroxyl groups is 1. The molecule has 2 aliphatic rings. The van der Waals surface area contributed by atoms with Crippen molar-refractivity contribution in [2.75, 3.05) is 5.73 Å². The number of nitrogens with zero attached hydrogens (tertiary/aromatic N) is 5. The Hall–Kier alpha value is -5.43. The quantitative estimate of drug-likeness (QED) is 0.125. The normalized spacial score (nSPS) is 18.3. The second-order valence-electron chi connectivity index (χ2n) is 13.7. The third kappa shape index (κ3) is 6.58. The number of aliphatic hydroxyl groups excluding tert-OH is 1. The zero-order valence-corrected chi connectivity index (χ0v) is 28.4. The van der Waals surface area contributed by atoms with Crippen LogP contribution in [0.1, 0.15) is 66.1 Å². The summed E-state index contributed by atoms with van der Waals surface area (Å²) < 4.78 is 103. The van der Waals surface area contributed by atoms with Gasteiger partial charge in [-0.15, -0.1) is 0 Å². The van der Waals surface area contributed by atoms with Crippen molar-refractivity contribution >= 4 is 22.6 Å². The van der Waals surface area contributed by atoms with Crippen molar-refractivity contribution in [3.63, 3.8) is 0 Å². The minimum absolute atomic E-state index is 0.0706. The number of carbonyl (C=O) groups excluding carboxylic acids is 1. The van der Waals surface area contributed by atoms with E-state index in [0.29, 0.717) is 32.8 Å². The predicted molar refractivity (Wildman–Crippen MR) is 179 cm³/mol. The fourth-order valence-electron chi connectivity index (χ4n) is 7.08. The molecule has 4 atom stereocenters. The van der Waals surface area contributed by atoms with E-state index in [1.165, 1.54) is 4.68 Å². The van der Waals surface area contributed by atoms with Gasteiger partial charge in [-0.3, -0.25) is 14.2 Å². The molecule has 7 rings (SSSR count). The van der Waals surface area contributed by atoms with E-state index in [9.17, 15) is 31.9 Å². The smallest absolute Gasteiger partial charge is 0.382 e. The SMILES string of the molecule is CC(C)C(O)C#Cc1ccc(-c2cccc3c(N)nn(C)c23)c([C@H](Cc2cc(F)cc(F)c2)NC(=O)Cn2nc(C(F)(F)F)c3c2C(F)(F)[C@@H]2C[C@H]32)n1. The molecule has 0 aliphatic heterocycles. The summed E-state index contributed by atoms with van der Waals surface area (Å²) in [5.74, 6) is -3.29. The standard InChI is InChI=1S/C37H32F7N7O2/c1-17(2)28(52)10-8-21-7-9-22(23-5-4-6-24-32(23)50(3)49-35(24)45)31(46-21)27(13-18-11-19(38)14-20(39)12-18)47-29(53)16-51-34-30(33(48-51)37(42,43)44)25-15-26(25)36(34,40)41/h4-7,9,11-12,14,17,25-28,52H,13,15-16H2,1-3H3,(H2,45,49)(H,47,53)/t25-,26+,27-,28?/m0/s1. The summed E-state index contributed by atoms with van der Waals surface area (Å²) in [6.07, 6.45) is -6.48. The number of nitrogens with one attached hydrogen (secondary N) is 1. The van der Waals surface area contributed by atoms with Gasteiger partial charge in [-0.25, -0.2) is 13.8 Å². The molecule has 0 radical (unpaired) electrons. The number of hydrogen-bond donors (Lipinski definition) is 3. The number of pyridine rings is 1. The summed E-state index contributed by atoms with van der Waals surface area (Å²) in [5.41, 5.74) is 4.95. The van der Waals surface area contributed by atoms with E-state index in [1.54, 1.807) is 51.2 Å². The van der Waals surface area contributed by atoms with E-state index < -0.39 is 77.1 Å². The molecule has 5 aromatic rings. The Morgan fingerprint density at radius 3 is 2.49 bits per heavy atom. The number of amides is 1. The van der Waals surface area contributed by atoms with E-state index in [-0.39, 0.29) is 41.5 Å². The number of fused-ring (bicyclic) bond motifs is 4. The van der Waals surface area contributed by atoms with Crippen LogP contribution in [0.3, 0.4) is 0 Å². The van der Waals surface area contributed by atoms with E-state index in [0.717, 1.165) is 12.1 Å². The van der Waals surface area contributed by atoms with Crippen LogP contribution in [0, 0.1) is 35.3 Å². The first-order valence-corrected chi connectivity index (χ1v) is 16.7. The molecule has 1 fully saturated rings. The van der Waals surface area contributed by atoms with Gasteiger partial charge in [0.2, 0.25) is 5.91 Å². The number of halogens is 7. The van der Waals surface area contributed by atoms with Crippen LogP contribution < -0.4 is 11.1 Å². The zero-order chi connectivity index (χ0) is 38.1. The highest BCUT2D eigenvalue weighted by atomic mass is 19.4. The third-order valence-electron chi connectivity index (χ3n) is 9.61. The lowest BCUT2D eigenvalue weighted by atomic mass is 9.93. The Kier molecular flexibility index (Phi) is 8.75. The van der Waals surface area contributed by atoms with Crippen LogP contribution in [0.15, 0.2) is 48.5 Å². The van der Waals surface area contributed by atoms with Crippen molar-refractivity contribution in [3.05, 3.63) is 94.1 Å². The molecule has 276 valence electrons. The van der Waals surface area contributed by atoms with Crippen molar-refractivity contribution < 1.29 is 40.6 Å². The molecule has 9 nitrogen and oxygen atoms in total. The van der Waals surface area contributed by atoms with Crippen molar-refractivity contribution in [1.82, 2.24) is 29.9 Å². The van der Waals surface area contributed by atoms with Gasteiger partial charge in [-0.1, -0.05) is 31.9 Å². The Morgan fingerprint density at radius 1 is 1.09 bits per heavy atom. The first kappa shape index (κ1) is 36.0. The molecule has 2 aromatic carbocycles. The predicted octanol–water partition coefficient (Wildman–Crippen LogP) is 6.39. The van der Waals surface area contributed by atoms with Crippen molar-refractivity contribution in [2.45, 2.75) is 63.4 Å². The van der Waals surface area contributed by atoms with E-state index >= 15 is 8.78 Å². The summed E-state index contributed by atoms with van der Waals surface area (Å²) in [5, 5.41) is 21.4. The van der Waals surface area contributed by atoms with E-state index in [2.05, 4.69) is 27.4 Å². The summed E-state index contributed by atoms with van der Waals surface area (Å²) >= 11 is 0. The maximum absolute atomic E-state index is 15.3. The van der Waals surface area contributed by atoms with Gasteiger partial charge in [0.05, 0.1) is 17.3 Å². The van der Waals surface area contributed by atoms with Crippen LogP contribution >= 0.6 is 0 Å². The molecule has 53 heavy (non-hydrogen) atoms. The second kappa shape index (κ2) is 12.9. The Labute approximate surface area is 298 Å². The molecule has 2 aliphatic carbocycles. The zero-order valence-electron chi connectivity index (χ0n) is 28.4. The highest BCUT2D eigenvalue weighted by Gasteiger charge is 2.68. The molecule has 0 spiro atoms. The largest absolute Gasteiger partial charge is 0.435 e. The first-order valence-electron chi connectivity index (χ1n) is 16.7. The van der Waals surface area contributed by atoms with E-state index in [1.807, 2.05) is 0 Å². The fraction of sp³-hybridized carbons (Fsp3) is 0.351. The first-order chi connectivity index (χ1) is 24.9. The number of nitrogen functional groups attached to an aromatic ring is 1. The summed E-state index contributed by atoms with van der Waals surface area (Å²) in [6, 6.07) is 9.86. The van der Waals surface area contributed by atoms with E-state index in [4.69, 9.17) is 10.7 Å². The van der Waals surface area contributed by atoms with Gasteiger partial charge in [0.1, 0.15) is 35.7 Å². The average Bonchev–Trinajstić information content (AvgIpc) is 3.63. The molecule has 1 saturated carbocycles. The number of para-hydroxylation sites is 1. The Morgan fingerprint density at radius 2 is 1.81 bits per heavy atom. The lowest BCUT2D eigenvalue weighted by molar-refractivity contribution is -0.142. The van der Waals surface area contributed by atoms with Crippen molar-refractivity contribution in [2.24, 2.45) is 18.9 Å². The number of aryl methyl sites for hydroxylation is 1. The molecular formula is C37H32F7N7O2. The third-order valence-corrected chi connectivity index (χ3v) is 9.61. The molecule has 4 N–H and O–H groups in total. The van der Waals surface area contributed by atoms with Gasteiger partial charge >= 0.3 is 6.18 Å². The molecule has 3 aromatic heterocycles. The Bertz CT molecular complexity index is 2320. The average molecular weight is 740 g/mol. The second-order valence-corrected chi connectivity index (χ2v) is 13.7. The monoisotopic (exact) mass is 739 g/mol. The minimum Gasteiger partial charge on any atom is -0.382 e. The molecule has 0 saturated heterocycles. The van der Waals surface area contributed by atoms with Gasteiger partial charge in [0, 0.05) is 41.1 Å². The summed E-state index contributed by atoms with van der Waals surface area (Å²) in [4.78, 5) is 18.5. The lowest BCUT2D eigenvalue weighted by Gasteiger charge is -2.23. The molecule has 3 heterocycles. The maximum atomic E-state index is 15.3. The number of alkyl halides is 5. The van der Waals surface area contributed by atoms with Gasteiger partial charge < -0.3 is 16.2 Å². The van der Waals surface area contributed by atoms with Crippen LogP contribution in [0.5, 0.6) is 0 Å². The van der Waals surface area contributed by atoms with Crippen LogP contribution in [0.25, 0.3) is 22.0 Å². The topological polar surface area (TPSA) is 124 Å². The molecule has 1 unspecified atom stereocenters. The van der Waals surface area contributed by atoms with Crippen LogP contribution in [0.4, 0.5) is 36.6 Å². The van der Waals surface area contributed by atoms with Gasteiger partial charge in [0.25, 0.3) is 5.92 Å². The molecular weight excluding hydrogens is 707 g/mol. The van der Waals surface area contributed by atoms with Gasteiger partial charge in [-0.05, 0) is 66.5 Å². The minimum atomic E-state index is -5.04. The molecule has 0 bridgehead atoms. The number of benzene rings is 2. The number of hydrogen-bond acceptors (Lipinski definition) is 6. The number of anilines is 1. The number of rotatable bonds is 8. The van der Waals surface area contributed by atoms with Gasteiger partial charge in [0.15, 0.2) is 11.5 Å². The fourth-order valence-corrected chi connectivity index (χ4v) is 7.08. The van der Waals surface area contributed by atoms with Crippen LogP contribution in [-0.2, 0) is 36.9 Å². The number of aromatic nitrogens is 5. The van der Waals surface area contributed by atoms with Crippen LogP contribution in [-0.4, -0.2) is 41.7 Å². The number of carbonyl (C=O) groups is 1.